The molecule has 0 spiro atoms. The highest BCUT2D eigenvalue weighted by atomic mass is 32.3. The third kappa shape index (κ3) is 8.84. The molecule has 13 nitrogen and oxygen atoms in total. The molecular formula is C47H53F2N10O3S+. The van der Waals surface area contributed by atoms with E-state index in [9.17, 15) is 9.59 Å². The molecule has 1 unspecified atom stereocenters. The van der Waals surface area contributed by atoms with Crippen LogP contribution in [0.4, 0.5) is 13.6 Å². The number of nitrogens with zero attached hydrogens (tertiary/aromatic N) is 8. The number of nitrogen functional groups attached to an aromatic ring is 1. The van der Waals surface area contributed by atoms with E-state index in [0.717, 1.165) is 70.3 Å². The number of hydrogen-bond donors (Lipinski definition) is 2. The molecular weight excluding hydrogens is 823 g/mol. The van der Waals surface area contributed by atoms with E-state index >= 15 is 7.77 Å². The average molecular weight is 876 g/mol. The second kappa shape index (κ2) is 18.0. The fourth-order valence-corrected chi connectivity index (χ4v) is 11.1. The van der Waals surface area contributed by atoms with Crippen molar-refractivity contribution in [2.45, 2.75) is 58.4 Å². The largest absolute Gasteiger partial charge is 0.457 e. The molecule has 16 heteroatoms. The van der Waals surface area contributed by atoms with Crippen LogP contribution in [0.25, 0.3) is 28.4 Å². The van der Waals surface area contributed by atoms with Crippen molar-refractivity contribution in [1.82, 2.24) is 38.8 Å². The Bertz CT molecular complexity index is 2650. The summed E-state index contributed by atoms with van der Waals surface area (Å²) >= 11 is -4.30. The second-order valence-electron chi connectivity index (χ2n) is 16.8. The molecule has 0 radical (unpaired) electrons. The number of fused-ring (bicyclic) bond motifs is 3. The molecule has 6 heterocycles. The number of para-hydroxylation sites is 1. The summed E-state index contributed by atoms with van der Waals surface area (Å²) in [6.45, 7) is 8.88. The number of amides is 1. The summed E-state index contributed by atoms with van der Waals surface area (Å²) in [5.41, 5.74) is 11.5. The van der Waals surface area contributed by atoms with E-state index < -0.39 is 11.2 Å². The van der Waals surface area contributed by atoms with Gasteiger partial charge in [0.25, 0.3) is 0 Å². The van der Waals surface area contributed by atoms with Crippen LogP contribution < -0.4 is 15.8 Å². The van der Waals surface area contributed by atoms with Crippen LogP contribution >= 0.6 is 11.2 Å². The van der Waals surface area contributed by atoms with Crippen LogP contribution in [0, 0.1) is 19.8 Å². The van der Waals surface area contributed by atoms with Gasteiger partial charge in [-0.3, -0.25) is 19.4 Å². The van der Waals surface area contributed by atoms with Crippen LogP contribution in [0.2, 0.25) is 0 Å². The zero-order chi connectivity index (χ0) is 43.7. The Morgan fingerprint density at radius 2 is 1.75 bits per heavy atom. The van der Waals surface area contributed by atoms with Gasteiger partial charge in [-0.2, -0.15) is 5.10 Å². The number of benzene rings is 2. The lowest BCUT2D eigenvalue weighted by Gasteiger charge is -2.34. The number of rotatable bonds is 14. The summed E-state index contributed by atoms with van der Waals surface area (Å²) in [4.78, 5) is 39.9. The molecule has 2 aromatic carbocycles. The van der Waals surface area contributed by atoms with Gasteiger partial charge in [0.05, 0.1) is 17.1 Å². The molecule has 5 aromatic rings. The summed E-state index contributed by atoms with van der Waals surface area (Å²) in [6, 6.07) is 19.2. The van der Waals surface area contributed by atoms with Gasteiger partial charge in [-0.1, -0.05) is 42.4 Å². The molecule has 328 valence electrons. The van der Waals surface area contributed by atoms with E-state index in [0.29, 0.717) is 77.1 Å². The van der Waals surface area contributed by atoms with Crippen LogP contribution in [0.5, 0.6) is 11.5 Å². The standard InChI is InChI=1S/C47H52F2N10O3S/c1-32-28-33(2)58-41(32)30-38-16-15-36(59(38)63(58,48)49)17-20-43(61)51-21-23-56-26-24-55(25-27-56)22-7-12-42(60)35-8-6-9-37(29-35)57-47-44(46(50)52-31-53-47)45(54-57)34-13-18-40(19-14-34)62-39-10-4-3-5-11-39/h3-5,7,10-16,18-19,28,30-31,35,37H,6,8-9,17,20-27,29H2,1-2H3,(H2-,50,51,52,53,54,61)/p+1/b12-7+/t35?,37-/m1/s1. The minimum Gasteiger partial charge on any atom is -0.457 e. The molecule has 1 aliphatic carbocycles. The highest BCUT2D eigenvalue weighted by Gasteiger charge is 2.50. The summed E-state index contributed by atoms with van der Waals surface area (Å²) < 4.78 is 41.7. The predicted molar refractivity (Wildman–Crippen MR) is 243 cm³/mol. The number of carbonyl (C=O) groups excluding carboxylic acids is 2. The molecule has 3 aromatic heterocycles. The first-order valence-electron chi connectivity index (χ1n) is 21.7. The number of nitrogens with two attached hydrogens (primary N) is 1. The maximum absolute atomic E-state index is 15.8. The number of allylic oxidation sites excluding steroid dienone is 3. The first-order chi connectivity index (χ1) is 30.5. The SMILES string of the molecule is Cc1cc(C)n2c1C=C1C=CC(CCC(=O)NCCN3CCN(C/C=C/C(=O)C4CCC[C@@H](n5nc(-c6ccc(Oc7ccccc7)cc6)c6c(N)ncnc65)C4)CC3)=[N+]1S2(F)F. The number of halogens is 2. The van der Waals surface area contributed by atoms with Crippen LogP contribution in [0.15, 0.2) is 97.0 Å². The monoisotopic (exact) mass is 875 g/mol. The van der Waals surface area contributed by atoms with Gasteiger partial charge in [-0.15, -0.1) is 0 Å². The molecule has 2 fully saturated rings. The Morgan fingerprint density at radius 1 is 0.984 bits per heavy atom. The number of anilines is 1. The molecule has 1 amide bonds. The quantitative estimate of drug-likeness (QED) is 0.0840. The molecule has 1 saturated heterocycles. The Hall–Kier alpha value is -5.97. The molecule has 3 N–H and O–H groups in total. The van der Waals surface area contributed by atoms with Gasteiger partial charge in [0.1, 0.15) is 29.3 Å². The Balaban J connectivity index is 0.725. The van der Waals surface area contributed by atoms with Crippen LogP contribution in [-0.2, 0) is 9.59 Å². The van der Waals surface area contributed by atoms with Crippen molar-refractivity contribution in [2.75, 3.05) is 51.5 Å². The van der Waals surface area contributed by atoms with E-state index in [1.807, 2.05) is 72.3 Å². The summed E-state index contributed by atoms with van der Waals surface area (Å²) in [5, 5.41) is 8.75. The molecule has 63 heavy (non-hydrogen) atoms. The van der Waals surface area contributed by atoms with Crippen molar-refractivity contribution in [1.29, 1.82) is 0 Å². The minimum absolute atomic E-state index is 0.00865. The van der Waals surface area contributed by atoms with E-state index in [2.05, 4.69) is 25.1 Å². The van der Waals surface area contributed by atoms with E-state index in [1.165, 1.54) is 6.33 Å². The van der Waals surface area contributed by atoms with Crippen LogP contribution in [-0.4, -0.2) is 101 Å². The van der Waals surface area contributed by atoms with Crippen molar-refractivity contribution >= 4 is 51.5 Å². The number of nitrogens with one attached hydrogen (secondary N) is 1. The zero-order valence-electron chi connectivity index (χ0n) is 35.6. The van der Waals surface area contributed by atoms with Gasteiger partial charge in [0.15, 0.2) is 11.4 Å². The fraction of sp³-hybridized carbons (Fsp3) is 0.362. The highest BCUT2D eigenvalue weighted by molar-refractivity contribution is 8.18. The minimum atomic E-state index is -4.30. The first kappa shape index (κ1) is 42.3. The number of aromatic nitrogens is 5. The normalized spacial score (nSPS) is 20.5. The number of aryl methyl sites for hydroxylation is 2. The fourth-order valence-electron chi connectivity index (χ4n) is 9.26. The highest BCUT2D eigenvalue weighted by Crippen LogP contribution is 2.61. The number of carbonyl (C=O) groups is 2. The maximum Gasteiger partial charge on any atom is 0.387 e. The van der Waals surface area contributed by atoms with E-state index in [-0.39, 0.29) is 36.5 Å². The number of hydrogen-bond acceptors (Lipinski definition) is 9. The van der Waals surface area contributed by atoms with Crippen molar-refractivity contribution in [3.63, 3.8) is 0 Å². The average Bonchev–Trinajstić information content (AvgIpc) is 3.98. The number of ether oxygens (including phenoxy) is 1. The summed E-state index contributed by atoms with van der Waals surface area (Å²) in [5.74, 6) is 1.71. The van der Waals surface area contributed by atoms with Crippen molar-refractivity contribution < 1.29 is 26.1 Å². The Labute approximate surface area is 367 Å². The zero-order valence-corrected chi connectivity index (χ0v) is 36.4. The van der Waals surface area contributed by atoms with E-state index in [1.54, 1.807) is 37.3 Å². The second-order valence-corrected chi connectivity index (χ2v) is 18.3. The lowest BCUT2D eigenvalue weighted by molar-refractivity contribution is -0.302. The van der Waals surface area contributed by atoms with Crippen molar-refractivity contribution in [3.05, 3.63) is 114 Å². The molecule has 3 aliphatic heterocycles. The molecule has 2 atom stereocenters. The Morgan fingerprint density at radius 3 is 2.54 bits per heavy atom. The van der Waals surface area contributed by atoms with Gasteiger partial charge >= 0.3 is 11.2 Å². The molecule has 0 bridgehead atoms. The summed E-state index contributed by atoms with van der Waals surface area (Å²) in [6.07, 6.45) is 14.1. The lowest BCUT2D eigenvalue weighted by Crippen LogP contribution is -2.48. The first-order valence-corrected chi connectivity index (χ1v) is 23.1. The lowest BCUT2D eigenvalue weighted by atomic mass is 9.83. The number of ketones is 1. The smallest absolute Gasteiger partial charge is 0.387 e. The topological polar surface area (TPSA) is 139 Å². The van der Waals surface area contributed by atoms with Crippen LogP contribution in [0.1, 0.15) is 61.5 Å². The molecule has 1 saturated carbocycles. The molecule has 9 rings (SSSR count). The van der Waals surface area contributed by atoms with Crippen molar-refractivity contribution in [3.8, 4) is 22.8 Å². The van der Waals surface area contributed by atoms with Gasteiger partial charge in [-0.05, 0) is 87.2 Å². The van der Waals surface area contributed by atoms with Gasteiger partial charge < -0.3 is 15.8 Å². The van der Waals surface area contributed by atoms with E-state index in [4.69, 9.17) is 15.6 Å². The van der Waals surface area contributed by atoms with Crippen molar-refractivity contribution in [2.24, 2.45) is 5.92 Å². The van der Waals surface area contributed by atoms with Gasteiger partial charge in [0.2, 0.25) is 17.3 Å². The third-order valence-corrected chi connectivity index (χ3v) is 14.3. The predicted octanol–water partition coefficient (Wildman–Crippen LogP) is 7.99. The van der Waals surface area contributed by atoms with Gasteiger partial charge in [-0.25, -0.2) is 18.6 Å². The van der Waals surface area contributed by atoms with Gasteiger partial charge in [0, 0.05) is 94.1 Å². The Kier molecular flexibility index (Phi) is 12.1. The van der Waals surface area contributed by atoms with Crippen LogP contribution in [0.3, 0.4) is 0 Å². The number of piperazine rings is 1. The third-order valence-electron chi connectivity index (χ3n) is 12.5. The maximum atomic E-state index is 15.8. The molecule has 4 aliphatic rings. The summed E-state index contributed by atoms with van der Waals surface area (Å²) in [7, 11) is 0.